The third-order valence-electron chi connectivity index (χ3n) is 6.18. The summed E-state index contributed by atoms with van der Waals surface area (Å²) in [5.74, 6) is -2.05. The predicted molar refractivity (Wildman–Crippen MR) is 101 cm³/mol. The summed E-state index contributed by atoms with van der Waals surface area (Å²) in [5.41, 5.74) is -0.190. The van der Waals surface area contributed by atoms with Gasteiger partial charge in [-0.2, -0.15) is 0 Å². The molecule has 6 heteroatoms. The van der Waals surface area contributed by atoms with Crippen LogP contribution in [0.3, 0.4) is 0 Å². The van der Waals surface area contributed by atoms with Crippen molar-refractivity contribution in [1.82, 2.24) is 4.90 Å². The first kappa shape index (κ1) is 18.5. The number of nitrogens with zero attached hydrogens (tertiary/aromatic N) is 1. The first-order chi connectivity index (χ1) is 13.5. The predicted octanol–water partition coefficient (Wildman–Crippen LogP) is 3.52. The summed E-state index contributed by atoms with van der Waals surface area (Å²) >= 11 is 0. The number of rotatable bonds is 5. The van der Waals surface area contributed by atoms with Crippen molar-refractivity contribution in [2.75, 3.05) is 7.11 Å². The lowest BCUT2D eigenvalue weighted by Gasteiger charge is -2.33. The van der Waals surface area contributed by atoms with Gasteiger partial charge in [-0.15, -0.1) is 0 Å². The van der Waals surface area contributed by atoms with Crippen LogP contribution in [0.15, 0.2) is 48.5 Å². The highest BCUT2D eigenvalue weighted by Crippen LogP contribution is 2.52. The molecule has 2 aromatic rings. The average Bonchev–Trinajstić information content (AvgIpc) is 3.25. The monoisotopic (exact) mass is 383 g/mol. The third kappa shape index (κ3) is 2.75. The van der Waals surface area contributed by atoms with Crippen LogP contribution in [0.2, 0.25) is 0 Å². The summed E-state index contributed by atoms with van der Waals surface area (Å²) in [6.45, 7) is 0. The molecule has 2 fully saturated rings. The van der Waals surface area contributed by atoms with Crippen LogP contribution >= 0.6 is 0 Å². The normalized spacial score (nSPS) is 25.7. The van der Waals surface area contributed by atoms with Gasteiger partial charge in [-0.3, -0.25) is 9.59 Å². The number of fused-ring (bicyclic) bond motifs is 2. The van der Waals surface area contributed by atoms with Crippen molar-refractivity contribution < 1.29 is 23.8 Å². The zero-order chi connectivity index (χ0) is 19.9. The molecule has 0 aliphatic carbocycles. The third-order valence-corrected chi connectivity index (χ3v) is 6.18. The highest BCUT2D eigenvalue weighted by molar-refractivity contribution is 5.96. The number of carbonyl (C=O) groups is 2. The molecular formula is C22H22FNO4. The van der Waals surface area contributed by atoms with Crippen LogP contribution < -0.4 is 4.74 Å². The number of hydrogen-bond donors (Lipinski definition) is 1. The molecule has 2 aliphatic rings. The number of methoxy groups -OCH3 is 1. The van der Waals surface area contributed by atoms with Gasteiger partial charge in [-0.1, -0.05) is 36.4 Å². The van der Waals surface area contributed by atoms with Gasteiger partial charge in [0.2, 0.25) is 0 Å². The summed E-state index contributed by atoms with van der Waals surface area (Å²) in [4.78, 5) is 27.2. The lowest BCUT2D eigenvalue weighted by atomic mass is 9.70. The fraction of sp³-hybridized carbons (Fsp3) is 0.364. The molecule has 0 spiro atoms. The van der Waals surface area contributed by atoms with E-state index in [1.54, 1.807) is 11.0 Å². The van der Waals surface area contributed by atoms with Gasteiger partial charge in [0.15, 0.2) is 11.6 Å². The van der Waals surface area contributed by atoms with Crippen molar-refractivity contribution in [3.05, 3.63) is 65.5 Å². The van der Waals surface area contributed by atoms with E-state index in [1.165, 1.54) is 19.2 Å². The van der Waals surface area contributed by atoms with E-state index < -0.39 is 29.2 Å². The molecule has 1 N–H and O–H groups in total. The molecule has 1 amide bonds. The Labute approximate surface area is 162 Å². The Hall–Kier alpha value is -2.89. The van der Waals surface area contributed by atoms with Gasteiger partial charge in [0.25, 0.3) is 5.91 Å². The molecule has 3 atom stereocenters. The minimum absolute atomic E-state index is 0.00572. The summed E-state index contributed by atoms with van der Waals surface area (Å²) in [6.07, 6.45) is 2.10. The Morgan fingerprint density at radius 1 is 1.18 bits per heavy atom. The van der Waals surface area contributed by atoms with Crippen molar-refractivity contribution in [2.45, 2.75) is 37.8 Å². The van der Waals surface area contributed by atoms with E-state index in [0.717, 1.165) is 12.0 Å². The van der Waals surface area contributed by atoms with Crippen LogP contribution in [0.25, 0.3) is 0 Å². The average molecular weight is 383 g/mol. The number of carboxylic acids is 1. The van der Waals surface area contributed by atoms with Crippen LogP contribution in [-0.4, -0.2) is 41.1 Å². The molecule has 0 aromatic heterocycles. The van der Waals surface area contributed by atoms with Gasteiger partial charge in [0.05, 0.1) is 18.1 Å². The van der Waals surface area contributed by atoms with Gasteiger partial charge < -0.3 is 14.7 Å². The Kier molecular flexibility index (Phi) is 4.57. The molecule has 146 valence electrons. The van der Waals surface area contributed by atoms with Gasteiger partial charge in [-0.05, 0) is 43.4 Å². The smallest absolute Gasteiger partial charge is 0.312 e. The molecule has 28 heavy (non-hydrogen) atoms. The van der Waals surface area contributed by atoms with Crippen LogP contribution in [0.1, 0.15) is 35.2 Å². The standard InChI is InChI=1S/C22H22FNO4/c1-28-17-9-5-8-16(19(17)23)20(25)24-15-10-11-18(24)22(13-15,21(26)27)12-14-6-3-2-4-7-14/h2-9,15,18H,10-13H2,1H3,(H,26,27)/t15-,18+,22+/m0/s1. The quantitative estimate of drug-likeness (QED) is 0.858. The number of aliphatic carboxylic acids is 1. The summed E-state index contributed by atoms with van der Waals surface area (Å²) in [5, 5.41) is 10.1. The topological polar surface area (TPSA) is 66.8 Å². The Bertz CT molecular complexity index is 916. The highest BCUT2D eigenvalue weighted by atomic mass is 19.1. The van der Waals surface area contributed by atoms with Crippen LogP contribution in [0.4, 0.5) is 4.39 Å². The van der Waals surface area contributed by atoms with Gasteiger partial charge in [-0.25, -0.2) is 4.39 Å². The number of halogens is 1. The molecule has 2 saturated heterocycles. The van der Waals surface area contributed by atoms with Crippen molar-refractivity contribution in [1.29, 1.82) is 0 Å². The van der Waals surface area contributed by atoms with E-state index >= 15 is 0 Å². The fourth-order valence-electron chi connectivity index (χ4n) is 4.92. The first-order valence-corrected chi connectivity index (χ1v) is 9.40. The molecule has 0 unspecified atom stereocenters. The fourth-order valence-corrected chi connectivity index (χ4v) is 4.92. The van der Waals surface area contributed by atoms with E-state index in [9.17, 15) is 19.1 Å². The van der Waals surface area contributed by atoms with E-state index in [2.05, 4.69) is 0 Å². The summed E-state index contributed by atoms with van der Waals surface area (Å²) in [7, 11) is 1.35. The zero-order valence-corrected chi connectivity index (χ0v) is 15.6. The molecular weight excluding hydrogens is 361 g/mol. The number of ether oxygens (including phenoxy) is 1. The van der Waals surface area contributed by atoms with Gasteiger partial charge in [0.1, 0.15) is 0 Å². The largest absolute Gasteiger partial charge is 0.494 e. The Morgan fingerprint density at radius 2 is 1.93 bits per heavy atom. The van der Waals surface area contributed by atoms with Gasteiger partial charge in [0, 0.05) is 12.1 Å². The zero-order valence-electron chi connectivity index (χ0n) is 15.6. The van der Waals surface area contributed by atoms with Crippen molar-refractivity contribution in [3.8, 4) is 5.75 Å². The molecule has 2 aliphatic heterocycles. The molecule has 2 aromatic carbocycles. The van der Waals surface area contributed by atoms with E-state index in [-0.39, 0.29) is 17.4 Å². The van der Waals surface area contributed by atoms with Crippen molar-refractivity contribution in [3.63, 3.8) is 0 Å². The maximum absolute atomic E-state index is 14.7. The molecule has 2 bridgehead atoms. The maximum atomic E-state index is 14.7. The Morgan fingerprint density at radius 3 is 2.61 bits per heavy atom. The van der Waals surface area contributed by atoms with Crippen molar-refractivity contribution in [2.24, 2.45) is 5.41 Å². The molecule has 0 saturated carbocycles. The highest BCUT2D eigenvalue weighted by Gasteiger charge is 2.61. The van der Waals surface area contributed by atoms with Crippen LogP contribution in [-0.2, 0) is 11.2 Å². The molecule has 4 rings (SSSR count). The number of carboxylic acid groups (broad SMARTS) is 1. The molecule has 5 nitrogen and oxygen atoms in total. The minimum Gasteiger partial charge on any atom is -0.494 e. The molecule has 2 heterocycles. The number of hydrogen-bond acceptors (Lipinski definition) is 3. The van der Waals surface area contributed by atoms with Crippen LogP contribution in [0, 0.1) is 11.2 Å². The summed E-state index contributed by atoms with van der Waals surface area (Å²) in [6, 6.07) is 13.3. The number of carbonyl (C=O) groups excluding carboxylic acids is 1. The maximum Gasteiger partial charge on any atom is 0.312 e. The van der Waals surface area contributed by atoms with E-state index in [4.69, 9.17) is 4.74 Å². The van der Waals surface area contributed by atoms with E-state index in [0.29, 0.717) is 19.3 Å². The molecule has 0 radical (unpaired) electrons. The number of benzene rings is 2. The Balaban J connectivity index is 1.69. The van der Waals surface area contributed by atoms with Gasteiger partial charge >= 0.3 is 5.97 Å². The summed E-state index contributed by atoms with van der Waals surface area (Å²) < 4.78 is 19.6. The van der Waals surface area contributed by atoms with E-state index in [1.807, 2.05) is 30.3 Å². The van der Waals surface area contributed by atoms with Crippen LogP contribution in [0.5, 0.6) is 5.75 Å². The second kappa shape index (κ2) is 6.93. The van der Waals surface area contributed by atoms with Crippen molar-refractivity contribution >= 4 is 11.9 Å². The second-order valence-corrected chi connectivity index (χ2v) is 7.61. The minimum atomic E-state index is -1.05. The lowest BCUT2D eigenvalue weighted by molar-refractivity contribution is -0.150. The lowest BCUT2D eigenvalue weighted by Crippen LogP contribution is -2.46. The second-order valence-electron chi connectivity index (χ2n) is 7.61. The number of amides is 1. The SMILES string of the molecule is COc1cccc(C(=O)N2[C@H]3CC[C@@H]2[C@](Cc2ccccc2)(C(=O)O)C3)c1F. The first-order valence-electron chi connectivity index (χ1n) is 9.40.